The molecule has 0 saturated heterocycles. The minimum absolute atomic E-state index is 0.170. The molecular weight excluding hydrogens is 342 g/mol. The molecule has 0 bridgehead atoms. The monoisotopic (exact) mass is 363 g/mol. The smallest absolute Gasteiger partial charge is 0.255 e. The highest BCUT2D eigenvalue weighted by molar-refractivity contribution is 6.08. The molecule has 2 aromatic carbocycles. The summed E-state index contributed by atoms with van der Waals surface area (Å²) in [6, 6.07) is 16.0. The van der Waals surface area contributed by atoms with Gasteiger partial charge in [0, 0.05) is 43.0 Å². The number of pyridine rings is 1. The molecule has 1 heterocycles. The maximum Gasteiger partial charge on any atom is 0.255 e. The Hall–Kier alpha value is -3.25. The summed E-state index contributed by atoms with van der Waals surface area (Å²) in [5.74, 6) is -0.420. The van der Waals surface area contributed by atoms with Crippen molar-refractivity contribution in [2.45, 2.75) is 6.42 Å². The molecule has 6 heteroatoms. The molecule has 2 amide bonds. The highest BCUT2D eigenvalue weighted by Gasteiger charge is 2.11. The van der Waals surface area contributed by atoms with Crippen LogP contribution in [0.2, 0.25) is 0 Å². The highest BCUT2D eigenvalue weighted by atomic mass is 16.5. The third kappa shape index (κ3) is 4.68. The van der Waals surface area contributed by atoms with Gasteiger partial charge in [-0.1, -0.05) is 18.2 Å². The molecule has 0 radical (unpaired) electrons. The van der Waals surface area contributed by atoms with E-state index in [0.29, 0.717) is 30.0 Å². The molecule has 1 aromatic heterocycles. The third-order valence-corrected chi connectivity index (χ3v) is 4.10. The molecule has 3 aromatic rings. The van der Waals surface area contributed by atoms with Gasteiger partial charge in [-0.15, -0.1) is 0 Å². The molecular formula is C21H21N3O3. The van der Waals surface area contributed by atoms with E-state index < -0.39 is 0 Å². The Kier molecular flexibility index (Phi) is 6.12. The van der Waals surface area contributed by atoms with Crippen molar-refractivity contribution in [2.75, 3.05) is 25.6 Å². The van der Waals surface area contributed by atoms with E-state index in [0.717, 1.165) is 17.3 Å². The van der Waals surface area contributed by atoms with E-state index in [1.165, 1.54) is 0 Å². The van der Waals surface area contributed by atoms with Gasteiger partial charge in [0.2, 0.25) is 0 Å². The molecule has 0 saturated carbocycles. The minimum Gasteiger partial charge on any atom is -0.385 e. The summed E-state index contributed by atoms with van der Waals surface area (Å²) in [6.07, 6.45) is 2.44. The van der Waals surface area contributed by atoms with Gasteiger partial charge in [0.05, 0.1) is 11.2 Å². The molecule has 0 fully saturated rings. The van der Waals surface area contributed by atoms with Gasteiger partial charge in [0.1, 0.15) is 0 Å². The maximum absolute atomic E-state index is 12.5. The van der Waals surface area contributed by atoms with E-state index in [1.807, 2.05) is 30.3 Å². The standard InChI is InChI=1S/C21H21N3O3/c1-27-14-4-13-23-20(25)16-8-10-17(11-9-16)21(26)24-18-7-2-5-15-6-3-12-22-19(15)18/h2-3,5-12H,4,13-14H2,1H3,(H,23,25)(H,24,26). The van der Waals surface area contributed by atoms with Crippen LogP contribution in [-0.4, -0.2) is 37.1 Å². The normalized spacial score (nSPS) is 10.6. The topological polar surface area (TPSA) is 80.3 Å². The quantitative estimate of drug-likeness (QED) is 0.632. The first-order chi connectivity index (χ1) is 13.2. The van der Waals surface area contributed by atoms with Gasteiger partial charge >= 0.3 is 0 Å². The van der Waals surface area contributed by atoms with E-state index in [-0.39, 0.29) is 11.8 Å². The lowest BCUT2D eigenvalue weighted by Gasteiger charge is -2.09. The fraction of sp³-hybridized carbons (Fsp3) is 0.190. The lowest BCUT2D eigenvalue weighted by atomic mass is 10.1. The molecule has 3 rings (SSSR count). The van der Waals surface area contributed by atoms with Crippen molar-refractivity contribution in [3.63, 3.8) is 0 Å². The van der Waals surface area contributed by atoms with Gasteiger partial charge in [-0.25, -0.2) is 0 Å². The number of fused-ring (bicyclic) bond motifs is 1. The van der Waals surface area contributed by atoms with Crippen molar-refractivity contribution in [2.24, 2.45) is 0 Å². The number of benzene rings is 2. The van der Waals surface area contributed by atoms with E-state index in [9.17, 15) is 9.59 Å². The van der Waals surface area contributed by atoms with Crippen LogP contribution in [0.4, 0.5) is 5.69 Å². The predicted molar refractivity (Wildman–Crippen MR) is 105 cm³/mol. The molecule has 0 aliphatic rings. The largest absolute Gasteiger partial charge is 0.385 e. The third-order valence-electron chi connectivity index (χ3n) is 4.10. The molecule has 0 spiro atoms. The van der Waals surface area contributed by atoms with E-state index in [2.05, 4.69) is 15.6 Å². The fourth-order valence-electron chi connectivity index (χ4n) is 2.69. The Morgan fingerprint density at radius 3 is 2.41 bits per heavy atom. The number of nitrogens with one attached hydrogen (secondary N) is 2. The Labute approximate surface area is 157 Å². The number of rotatable bonds is 7. The molecule has 0 atom stereocenters. The SMILES string of the molecule is COCCCNC(=O)c1ccc(C(=O)Nc2cccc3cccnc23)cc1. The molecule has 6 nitrogen and oxygen atoms in total. The summed E-state index contributed by atoms with van der Waals surface area (Å²) in [5.41, 5.74) is 2.37. The van der Waals surface area contributed by atoms with Gasteiger partial charge in [0.25, 0.3) is 11.8 Å². The number of ether oxygens (including phenoxy) is 1. The van der Waals surface area contributed by atoms with Crippen molar-refractivity contribution in [1.29, 1.82) is 0 Å². The summed E-state index contributed by atoms with van der Waals surface area (Å²) >= 11 is 0. The average Bonchev–Trinajstić information content (AvgIpc) is 2.71. The molecule has 0 aliphatic heterocycles. The number of anilines is 1. The number of carbonyl (C=O) groups is 2. The maximum atomic E-state index is 12.5. The number of nitrogens with zero attached hydrogens (tertiary/aromatic N) is 1. The van der Waals surface area contributed by atoms with Crippen LogP contribution in [0.25, 0.3) is 10.9 Å². The van der Waals surface area contributed by atoms with Gasteiger partial charge in [-0.2, -0.15) is 0 Å². The number of amides is 2. The zero-order chi connectivity index (χ0) is 19.1. The van der Waals surface area contributed by atoms with Gasteiger partial charge in [-0.3, -0.25) is 14.6 Å². The van der Waals surface area contributed by atoms with Crippen molar-refractivity contribution in [1.82, 2.24) is 10.3 Å². The van der Waals surface area contributed by atoms with Crippen LogP contribution in [0.5, 0.6) is 0 Å². The fourth-order valence-corrected chi connectivity index (χ4v) is 2.69. The van der Waals surface area contributed by atoms with E-state index >= 15 is 0 Å². The zero-order valence-corrected chi connectivity index (χ0v) is 15.1. The Bertz CT molecular complexity index is 934. The molecule has 138 valence electrons. The van der Waals surface area contributed by atoms with Crippen molar-refractivity contribution < 1.29 is 14.3 Å². The first-order valence-corrected chi connectivity index (χ1v) is 8.71. The highest BCUT2D eigenvalue weighted by Crippen LogP contribution is 2.21. The van der Waals surface area contributed by atoms with Crippen LogP contribution < -0.4 is 10.6 Å². The Morgan fingerprint density at radius 1 is 0.963 bits per heavy atom. The molecule has 2 N–H and O–H groups in total. The zero-order valence-electron chi connectivity index (χ0n) is 15.1. The van der Waals surface area contributed by atoms with Gasteiger partial charge in [-0.05, 0) is 42.8 Å². The number of methoxy groups -OCH3 is 1. The molecule has 27 heavy (non-hydrogen) atoms. The van der Waals surface area contributed by atoms with E-state index in [1.54, 1.807) is 37.6 Å². The van der Waals surface area contributed by atoms with Crippen LogP contribution in [0.1, 0.15) is 27.1 Å². The summed E-state index contributed by atoms with van der Waals surface area (Å²) in [5, 5.41) is 6.65. The molecule has 0 aliphatic carbocycles. The average molecular weight is 363 g/mol. The first kappa shape index (κ1) is 18.5. The van der Waals surface area contributed by atoms with Crippen LogP contribution in [0.3, 0.4) is 0 Å². The van der Waals surface area contributed by atoms with Crippen LogP contribution in [0, 0.1) is 0 Å². The number of hydrogen-bond acceptors (Lipinski definition) is 4. The van der Waals surface area contributed by atoms with Crippen molar-refractivity contribution in [3.8, 4) is 0 Å². The summed E-state index contributed by atoms with van der Waals surface area (Å²) in [4.78, 5) is 28.9. The number of para-hydroxylation sites is 1. The van der Waals surface area contributed by atoms with Crippen molar-refractivity contribution >= 4 is 28.4 Å². The van der Waals surface area contributed by atoms with Gasteiger partial charge in [0.15, 0.2) is 0 Å². The van der Waals surface area contributed by atoms with Crippen LogP contribution in [-0.2, 0) is 4.74 Å². The second kappa shape index (κ2) is 8.91. The number of aromatic nitrogens is 1. The van der Waals surface area contributed by atoms with Crippen molar-refractivity contribution in [3.05, 3.63) is 71.9 Å². The first-order valence-electron chi connectivity index (χ1n) is 8.71. The summed E-state index contributed by atoms with van der Waals surface area (Å²) < 4.78 is 4.95. The Balaban J connectivity index is 1.66. The second-order valence-corrected chi connectivity index (χ2v) is 6.01. The predicted octanol–water partition coefficient (Wildman–Crippen LogP) is 3.25. The molecule has 0 unspecified atom stereocenters. The lowest BCUT2D eigenvalue weighted by Crippen LogP contribution is -2.25. The summed E-state index contributed by atoms with van der Waals surface area (Å²) in [6.45, 7) is 1.14. The number of carbonyl (C=O) groups excluding carboxylic acids is 2. The van der Waals surface area contributed by atoms with Crippen LogP contribution >= 0.6 is 0 Å². The minimum atomic E-state index is -0.250. The lowest BCUT2D eigenvalue weighted by molar-refractivity contribution is 0.0947. The summed E-state index contributed by atoms with van der Waals surface area (Å²) in [7, 11) is 1.62. The van der Waals surface area contributed by atoms with E-state index in [4.69, 9.17) is 4.74 Å². The number of hydrogen-bond donors (Lipinski definition) is 2. The van der Waals surface area contributed by atoms with Crippen LogP contribution in [0.15, 0.2) is 60.8 Å². The second-order valence-electron chi connectivity index (χ2n) is 6.01. The van der Waals surface area contributed by atoms with Gasteiger partial charge < -0.3 is 15.4 Å². The Morgan fingerprint density at radius 2 is 1.67 bits per heavy atom.